The minimum atomic E-state index is -0.554. The van der Waals surface area contributed by atoms with Crippen molar-refractivity contribution in [3.63, 3.8) is 0 Å². The van der Waals surface area contributed by atoms with Crippen LogP contribution in [0.5, 0.6) is 0 Å². The zero-order valence-electron chi connectivity index (χ0n) is 19.9. The van der Waals surface area contributed by atoms with Gasteiger partial charge in [0.25, 0.3) is 0 Å². The average molecular weight is 467 g/mol. The SMILES string of the molecule is CC(=O)NC[C@H]1CN(c2ccc(-c3ccc(C4(NC(=O)OC(C)(C)C)CC4)nc3)cc2)C(=O)O1. The summed E-state index contributed by atoms with van der Waals surface area (Å²) in [6, 6.07) is 11.5. The predicted octanol–water partition coefficient (Wildman–Crippen LogP) is 3.72. The Labute approximate surface area is 198 Å². The first-order valence-corrected chi connectivity index (χ1v) is 11.4. The van der Waals surface area contributed by atoms with Gasteiger partial charge >= 0.3 is 12.2 Å². The second-order valence-electron chi connectivity index (χ2n) is 9.74. The Kier molecular flexibility index (Phi) is 6.20. The number of alkyl carbamates (subject to hydrolysis) is 1. The molecular weight excluding hydrogens is 436 g/mol. The molecule has 2 heterocycles. The van der Waals surface area contributed by atoms with E-state index in [0.717, 1.165) is 35.3 Å². The van der Waals surface area contributed by atoms with Gasteiger partial charge in [0, 0.05) is 24.4 Å². The Balaban J connectivity index is 1.40. The van der Waals surface area contributed by atoms with E-state index in [9.17, 15) is 14.4 Å². The van der Waals surface area contributed by atoms with Crippen LogP contribution < -0.4 is 15.5 Å². The lowest BCUT2D eigenvalue weighted by atomic mass is 10.0. The molecule has 4 rings (SSSR count). The second-order valence-corrected chi connectivity index (χ2v) is 9.74. The highest BCUT2D eigenvalue weighted by Gasteiger charge is 2.48. The van der Waals surface area contributed by atoms with Gasteiger partial charge in [-0.3, -0.25) is 14.7 Å². The fraction of sp³-hybridized carbons (Fsp3) is 0.440. The van der Waals surface area contributed by atoms with Crippen LogP contribution in [0.3, 0.4) is 0 Å². The molecule has 9 nitrogen and oxygen atoms in total. The molecular formula is C25H30N4O5. The lowest BCUT2D eigenvalue weighted by Gasteiger charge is -2.23. The maximum Gasteiger partial charge on any atom is 0.414 e. The highest BCUT2D eigenvalue weighted by atomic mass is 16.6. The van der Waals surface area contributed by atoms with Gasteiger partial charge in [0.2, 0.25) is 5.91 Å². The van der Waals surface area contributed by atoms with Crippen molar-refractivity contribution in [2.45, 2.75) is 57.8 Å². The average Bonchev–Trinajstić information content (AvgIpc) is 3.44. The molecule has 0 spiro atoms. The number of pyridine rings is 1. The summed E-state index contributed by atoms with van der Waals surface area (Å²) in [5, 5.41) is 5.64. The number of nitrogens with one attached hydrogen (secondary N) is 2. The normalized spacial score (nSPS) is 18.8. The van der Waals surface area contributed by atoms with Gasteiger partial charge in [0.05, 0.1) is 24.3 Å². The number of hydrogen-bond acceptors (Lipinski definition) is 6. The zero-order chi connectivity index (χ0) is 24.5. The Hall–Kier alpha value is -3.62. The van der Waals surface area contributed by atoms with Gasteiger partial charge in [-0.05, 0) is 57.4 Å². The first-order chi connectivity index (χ1) is 16.0. The van der Waals surface area contributed by atoms with Crippen LogP contribution in [0.4, 0.5) is 15.3 Å². The van der Waals surface area contributed by atoms with Crippen LogP contribution in [-0.2, 0) is 19.8 Å². The van der Waals surface area contributed by atoms with Crippen LogP contribution in [0.2, 0.25) is 0 Å². The lowest BCUT2D eigenvalue weighted by molar-refractivity contribution is -0.119. The van der Waals surface area contributed by atoms with E-state index < -0.39 is 23.3 Å². The topological polar surface area (TPSA) is 110 Å². The number of carbonyl (C=O) groups excluding carboxylic acids is 3. The highest BCUT2D eigenvalue weighted by molar-refractivity contribution is 5.90. The summed E-state index contributed by atoms with van der Waals surface area (Å²) >= 11 is 0. The van der Waals surface area contributed by atoms with E-state index >= 15 is 0 Å². The van der Waals surface area contributed by atoms with Gasteiger partial charge in [-0.15, -0.1) is 0 Å². The van der Waals surface area contributed by atoms with Gasteiger partial charge in [0.15, 0.2) is 0 Å². The summed E-state index contributed by atoms with van der Waals surface area (Å²) in [7, 11) is 0. The molecule has 1 saturated heterocycles. The van der Waals surface area contributed by atoms with Crippen molar-refractivity contribution in [2.24, 2.45) is 0 Å². The third kappa shape index (κ3) is 5.47. The van der Waals surface area contributed by atoms with Gasteiger partial charge in [0.1, 0.15) is 11.7 Å². The molecule has 2 aromatic rings. The molecule has 1 aliphatic heterocycles. The monoisotopic (exact) mass is 466 g/mol. The fourth-order valence-electron chi connectivity index (χ4n) is 3.85. The molecule has 1 aliphatic carbocycles. The number of cyclic esters (lactones) is 1. The third-order valence-corrected chi connectivity index (χ3v) is 5.71. The van der Waals surface area contributed by atoms with Crippen molar-refractivity contribution in [1.29, 1.82) is 0 Å². The molecule has 2 N–H and O–H groups in total. The summed E-state index contributed by atoms with van der Waals surface area (Å²) in [5.74, 6) is -0.160. The van der Waals surface area contributed by atoms with E-state index in [4.69, 9.17) is 9.47 Å². The quantitative estimate of drug-likeness (QED) is 0.671. The molecule has 3 amide bonds. The molecule has 34 heavy (non-hydrogen) atoms. The molecule has 1 aromatic carbocycles. The van der Waals surface area contributed by atoms with Crippen molar-refractivity contribution in [3.05, 3.63) is 48.3 Å². The van der Waals surface area contributed by atoms with Gasteiger partial charge < -0.3 is 20.1 Å². The van der Waals surface area contributed by atoms with Crippen LogP contribution in [0, 0.1) is 0 Å². The number of amides is 3. The molecule has 0 bridgehead atoms. The number of benzene rings is 1. The molecule has 2 fully saturated rings. The summed E-state index contributed by atoms with van der Waals surface area (Å²) in [6.07, 6.45) is 2.18. The van der Waals surface area contributed by atoms with Crippen LogP contribution in [0.1, 0.15) is 46.2 Å². The smallest absolute Gasteiger partial charge is 0.414 e. The van der Waals surface area contributed by atoms with Gasteiger partial charge in [-0.1, -0.05) is 18.2 Å². The number of anilines is 1. The van der Waals surface area contributed by atoms with E-state index in [0.29, 0.717) is 6.54 Å². The number of aromatic nitrogens is 1. The lowest BCUT2D eigenvalue weighted by Crippen LogP contribution is -2.39. The molecule has 0 unspecified atom stereocenters. The molecule has 180 valence electrons. The van der Waals surface area contributed by atoms with E-state index in [1.54, 1.807) is 11.1 Å². The molecule has 2 aliphatic rings. The van der Waals surface area contributed by atoms with Crippen molar-refractivity contribution >= 4 is 23.8 Å². The number of hydrogen-bond donors (Lipinski definition) is 2. The van der Waals surface area contributed by atoms with Crippen molar-refractivity contribution in [3.8, 4) is 11.1 Å². The molecule has 9 heteroatoms. The van der Waals surface area contributed by atoms with Crippen LogP contribution in [0.25, 0.3) is 11.1 Å². The molecule has 1 aromatic heterocycles. The molecule has 0 radical (unpaired) electrons. The Morgan fingerprint density at radius 3 is 2.38 bits per heavy atom. The third-order valence-electron chi connectivity index (χ3n) is 5.71. The van der Waals surface area contributed by atoms with E-state index in [-0.39, 0.29) is 18.6 Å². The number of carbonyl (C=O) groups is 3. The van der Waals surface area contributed by atoms with E-state index in [2.05, 4.69) is 15.6 Å². The van der Waals surface area contributed by atoms with E-state index in [1.807, 2.05) is 57.2 Å². The van der Waals surface area contributed by atoms with Crippen molar-refractivity contribution in [1.82, 2.24) is 15.6 Å². The number of ether oxygens (including phenoxy) is 2. The van der Waals surface area contributed by atoms with Crippen molar-refractivity contribution in [2.75, 3.05) is 18.0 Å². The highest BCUT2D eigenvalue weighted by Crippen LogP contribution is 2.45. The molecule has 1 atom stereocenters. The minimum Gasteiger partial charge on any atom is -0.444 e. The number of nitrogens with zero attached hydrogens (tertiary/aromatic N) is 2. The van der Waals surface area contributed by atoms with E-state index in [1.165, 1.54) is 6.92 Å². The minimum absolute atomic E-state index is 0.160. The largest absolute Gasteiger partial charge is 0.444 e. The van der Waals surface area contributed by atoms with Crippen LogP contribution in [0.15, 0.2) is 42.6 Å². The molecule has 1 saturated carbocycles. The maximum absolute atomic E-state index is 12.2. The summed E-state index contributed by atoms with van der Waals surface area (Å²) in [5.41, 5.74) is 2.40. The second kappa shape index (κ2) is 8.96. The number of rotatable bonds is 6. The summed E-state index contributed by atoms with van der Waals surface area (Å²) in [6.45, 7) is 7.60. The first-order valence-electron chi connectivity index (χ1n) is 11.4. The van der Waals surface area contributed by atoms with Gasteiger partial charge in [-0.25, -0.2) is 9.59 Å². The summed E-state index contributed by atoms with van der Waals surface area (Å²) < 4.78 is 10.7. The Morgan fingerprint density at radius 2 is 1.82 bits per heavy atom. The van der Waals surface area contributed by atoms with Crippen LogP contribution in [-0.4, -0.2) is 47.9 Å². The zero-order valence-corrected chi connectivity index (χ0v) is 19.9. The predicted molar refractivity (Wildman–Crippen MR) is 126 cm³/mol. The Morgan fingerprint density at radius 1 is 1.15 bits per heavy atom. The van der Waals surface area contributed by atoms with Gasteiger partial charge in [-0.2, -0.15) is 0 Å². The standard InChI is InChI=1S/C25H30N4O5/c1-16(30)26-14-20-15-29(23(32)33-20)19-8-5-17(6-9-19)18-7-10-21(27-13-18)25(11-12-25)28-22(31)34-24(2,3)4/h5-10,13,20H,11-12,14-15H2,1-4H3,(H,26,30)(H,28,31)/t20-/m0/s1. The van der Waals surface area contributed by atoms with Crippen molar-refractivity contribution < 1.29 is 23.9 Å². The first kappa shape index (κ1) is 23.5. The van der Waals surface area contributed by atoms with Crippen LogP contribution >= 0.6 is 0 Å². The fourth-order valence-corrected chi connectivity index (χ4v) is 3.85. The Bertz CT molecular complexity index is 1070. The summed E-state index contributed by atoms with van der Waals surface area (Å²) in [4.78, 5) is 41.7. The maximum atomic E-state index is 12.2.